The largest absolute Gasteiger partial charge is 0.339 e. The Morgan fingerprint density at radius 3 is 2.41 bits per heavy atom. The number of nitrogens with zero attached hydrogens (tertiary/aromatic N) is 1. The summed E-state index contributed by atoms with van der Waals surface area (Å²) >= 11 is 0. The minimum absolute atomic E-state index is 0.183. The fraction of sp³-hybridized carbons (Fsp3) is 0.606. The van der Waals surface area contributed by atoms with Gasteiger partial charge < -0.3 is 4.90 Å². The van der Waals surface area contributed by atoms with Crippen LogP contribution < -0.4 is 0 Å². The maximum absolute atomic E-state index is 15.5. The third-order valence-corrected chi connectivity index (χ3v) is 10.1. The molecule has 0 bridgehead atoms. The number of hydrogen-bond acceptors (Lipinski definition) is 1. The summed E-state index contributed by atoms with van der Waals surface area (Å²) in [5, 5.41) is 0. The number of amides is 1. The lowest BCUT2D eigenvalue weighted by atomic mass is 9.59. The van der Waals surface area contributed by atoms with Gasteiger partial charge in [-0.25, -0.2) is 8.78 Å². The molecule has 1 heterocycles. The first-order valence-electron chi connectivity index (χ1n) is 14.8. The maximum Gasteiger partial charge on any atom is 0.226 e. The number of likely N-dealkylation sites (tertiary alicyclic amines) is 1. The fourth-order valence-corrected chi connectivity index (χ4v) is 8.30. The van der Waals surface area contributed by atoms with Crippen molar-refractivity contribution >= 4 is 5.91 Å². The van der Waals surface area contributed by atoms with Crippen molar-refractivity contribution in [1.82, 2.24) is 4.90 Å². The summed E-state index contributed by atoms with van der Waals surface area (Å²) in [4.78, 5) is 16.8. The van der Waals surface area contributed by atoms with Crippen LogP contribution in [0, 0.1) is 23.5 Å². The Balaban J connectivity index is 1.50. The van der Waals surface area contributed by atoms with Crippen molar-refractivity contribution < 1.29 is 13.6 Å². The normalized spacial score (nSPS) is 27.5. The minimum Gasteiger partial charge on any atom is -0.339 e. The Morgan fingerprint density at radius 2 is 1.70 bits per heavy atom. The van der Waals surface area contributed by atoms with Crippen LogP contribution in [0.3, 0.4) is 0 Å². The molecule has 4 atom stereocenters. The van der Waals surface area contributed by atoms with E-state index in [9.17, 15) is 9.18 Å². The number of halogens is 2. The second-order valence-corrected chi connectivity index (χ2v) is 11.8. The molecule has 2 aliphatic carbocycles. The molecule has 2 nitrogen and oxygen atoms in total. The molecule has 1 saturated heterocycles. The standard InChI is InChI=1S/C33H43F2NO/c1-3-27(33(4-2)20-11-16-26-28(34)17-18-29(35)31(26)33)32(37)36-21-19-25(23-12-7-5-8-13-23)22-30(36)24-14-9-6-10-15-24/h5,7-8,12-13,17-18,24-25,27,30H,3-4,6,9-11,14-16,19-22H2,1-2H3/t25-,27+,30+,33+/m1/s1. The zero-order valence-electron chi connectivity index (χ0n) is 22.7. The van der Waals surface area contributed by atoms with Crippen LogP contribution in [0.25, 0.3) is 0 Å². The molecule has 0 aromatic heterocycles. The number of benzene rings is 2. The summed E-state index contributed by atoms with van der Waals surface area (Å²) < 4.78 is 30.4. The molecular formula is C33H43F2NO. The molecular weight excluding hydrogens is 464 g/mol. The van der Waals surface area contributed by atoms with Crippen LogP contribution >= 0.6 is 0 Å². The molecule has 4 heteroatoms. The molecule has 2 fully saturated rings. The topological polar surface area (TPSA) is 20.3 Å². The van der Waals surface area contributed by atoms with E-state index in [1.165, 1.54) is 49.8 Å². The van der Waals surface area contributed by atoms with Gasteiger partial charge in [0.1, 0.15) is 11.6 Å². The monoisotopic (exact) mass is 507 g/mol. The summed E-state index contributed by atoms with van der Waals surface area (Å²) in [6, 6.07) is 13.5. The Labute approximate surface area is 221 Å². The van der Waals surface area contributed by atoms with Crippen LogP contribution in [0.15, 0.2) is 42.5 Å². The van der Waals surface area contributed by atoms with Crippen molar-refractivity contribution in [2.24, 2.45) is 11.8 Å². The lowest BCUT2D eigenvalue weighted by Crippen LogP contribution is -2.55. The fourth-order valence-electron chi connectivity index (χ4n) is 8.30. The molecule has 0 radical (unpaired) electrons. The van der Waals surface area contributed by atoms with Gasteiger partial charge in [0.25, 0.3) is 0 Å². The first-order chi connectivity index (χ1) is 18.0. The molecule has 200 valence electrons. The SMILES string of the molecule is CC[C@@H](C(=O)N1CC[C@@H](c2ccccc2)C[C@H]1C1CCCCC1)[C@]1(CC)CCCc2c(F)ccc(F)c21. The van der Waals surface area contributed by atoms with Gasteiger partial charge in [-0.1, -0.05) is 63.4 Å². The zero-order valence-corrected chi connectivity index (χ0v) is 22.7. The first kappa shape index (κ1) is 26.4. The molecule has 0 N–H and O–H groups in total. The zero-order chi connectivity index (χ0) is 26.0. The van der Waals surface area contributed by atoms with Gasteiger partial charge >= 0.3 is 0 Å². The van der Waals surface area contributed by atoms with Gasteiger partial charge in [0.05, 0.1) is 0 Å². The van der Waals surface area contributed by atoms with Crippen molar-refractivity contribution in [3.63, 3.8) is 0 Å². The predicted molar refractivity (Wildman–Crippen MR) is 146 cm³/mol. The van der Waals surface area contributed by atoms with Crippen LogP contribution in [0.4, 0.5) is 8.78 Å². The lowest BCUT2D eigenvalue weighted by Gasteiger charge is -2.50. The van der Waals surface area contributed by atoms with Crippen LogP contribution in [0.1, 0.15) is 107 Å². The van der Waals surface area contributed by atoms with Crippen LogP contribution in [0.2, 0.25) is 0 Å². The maximum atomic E-state index is 15.5. The van der Waals surface area contributed by atoms with Gasteiger partial charge in [0.2, 0.25) is 5.91 Å². The number of carbonyl (C=O) groups excluding carboxylic acids is 1. The van der Waals surface area contributed by atoms with Crippen molar-refractivity contribution in [3.05, 3.63) is 70.8 Å². The molecule has 5 rings (SSSR count). The van der Waals surface area contributed by atoms with E-state index >= 15 is 4.39 Å². The number of piperidine rings is 1. The van der Waals surface area contributed by atoms with E-state index in [1.807, 2.05) is 0 Å². The Morgan fingerprint density at radius 1 is 0.973 bits per heavy atom. The molecule has 2 aromatic rings. The smallest absolute Gasteiger partial charge is 0.226 e. The summed E-state index contributed by atoms with van der Waals surface area (Å²) in [6.45, 7) is 4.89. The second-order valence-electron chi connectivity index (χ2n) is 11.8. The average molecular weight is 508 g/mol. The highest BCUT2D eigenvalue weighted by atomic mass is 19.1. The molecule has 2 aromatic carbocycles. The summed E-state index contributed by atoms with van der Waals surface area (Å²) in [6.07, 6.45) is 11.5. The Kier molecular flexibility index (Phi) is 8.02. The highest BCUT2D eigenvalue weighted by Gasteiger charge is 2.49. The van der Waals surface area contributed by atoms with Gasteiger partial charge in [-0.3, -0.25) is 4.79 Å². The summed E-state index contributed by atoms with van der Waals surface area (Å²) in [5.41, 5.74) is 1.74. The molecule has 0 unspecified atom stereocenters. The van der Waals surface area contributed by atoms with E-state index < -0.39 is 5.41 Å². The van der Waals surface area contributed by atoms with E-state index in [0.29, 0.717) is 42.2 Å². The van der Waals surface area contributed by atoms with E-state index in [4.69, 9.17) is 0 Å². The number of hydrogen-bond donors (Lipinski definition) is 0. The van der Waals surface area contributed by atoms with Crippen LogP contribution in [0.5, 0.6) is 0 Å². The van der Waals surface area contributed by atoms with Crippen molar-refractivity contribution in [1.29, 1.82) is 0 Å². The van der Waals surface area contributed by atoms with Gasteiger partial charge in [-0.15, -0.1) is 0 Å². The highest BCUT2D eigenvalue weighted by Crippen LogP contribution is 2.50. The van der Waals surface area contributed by atoms with E-state index in [-0.39, 0.29) is 29.5 Å². The Hall–Kier alpha value is -2.23. The Bertz CT molecular complexity index is 1080. The van der Waals surface area contributed by atoms with Crippen LogP contribution in [-0.2, 0) is 16.6 Å². The molecule has 3 aliphatic rings. The molecule has 37 heavy (non-hydrogen) atoms. The molecule has 1 saturated carbocycles. The summed E-state index contributed by atoms with van der Waals surface area (Å²) in [5.74, 6) is 0.206. The summed E-state index contributed by atoms with van der Waals surface area (Å²) in [7, 11) is 0. The van der Waals surface area contributed by atoms with Gasteiger partial charge in [-0.05, 0) is 92.9 Å². The predicted octanol–water partition coefficient (Wildman–Crippen LogP) is 8.33. The number of rotatable bonds is 6. The molecule has 1 amide bonds. The lowest BCUT2D eigenvalue weighted by molar-refractivity contribution is -0.145. The van der Waals surface area contributed by atoms with Gasteiger partial charge in [-0.2, -0.15) is 0 Å². The van der Waals surface area contributed by atoms with Crippen molar-refractivity contribution in [2.45, 2.75) is 108 Å². The molecule has 1 aliphatic heterocycles. The van der Waals surface area contributed by atoms with E-state index in [0.717, 1.165) is 32.2 Å². The van der Waals surface area contributed by atoms with E-state index in [1.54, 1.807) is 0 Å². The third kappa shape index (κ3) is 4.86. The first-order valence-corrected chi connectivity index (χ1v) is 14.8. The van der Waals surface area contributed by atoms with Gasteiger partial charge in [0.15, 0.2) is 0 Å². The quantitative estimate of drug-likeness (QED) is 0.385. The van der Waals surface area contributed by atoms with Crippen LogP contribution in [-0.4, -0.2) is 23.4 Å². The minimum atomic E-state index is -0.640. The molecule has 0 spiro atoms. The highest BCUT2D eigenvalue weighted by molar-refractivity contribution is 5.81. The third-order valence-electron chi connectivity index (χ3n) is 10.1. The number of fused-ring (bicyclic) bond motifs is 1. The second kappa shape index (κ2) is 11.3. The van der Waals surface area contributed by atoms with Crippen molar-refractivity contribution in [2.75, 3.05) is 6.54 Å². The van der Waals surface area contributed by atoms with Gasteiger partial charge in [0, 0.05) is 29.5 Å². The van der Waals surface area contributed by atoms with E-state index in [2.05, 4.69) is 49.1 Å². The van der Waals surface area contributed by atoms with Crippen molar-refractivity contribution in [3.8, 4) is 0 Å². The average Bonchev–Trinajstić information content (AvgIpc) is 2.96. The number of carbonyl (C=O) groups is 1.